The molecule has 1 aromatic carbocycles. The Labute approximate surface area is 93.4 Å². The van der Waals surface area contributed by atoms with E-state index in [0.717, 1.165) is 6.07 Å². The number of anilines is 1. The van der Waals surface area contributed by atoms with Crippen molar-refractivity contribution in [2.75, 3.05) is 5.73 Å². The van der Waals surface area contributed by atoms with Gasteiger partial charge in [-0.2, -0.15) is 0 Å². The molecule has 0 aliphatic carbocycles. The zero-order valence-corrected chi connectivity index (χ0v) is 8.25. The average molecular weight is 239 g/mol. The molecule has 0 aliphatic heterocycles. The molecule has 0 bridgehead atoms. The van der Waals surface area contributed by atoms with Crippen LogP contribution < -0.4 is 5.73 Å². The quantitative estimate of drug-likeness (QED) is 0.608. The van der Waals surface area contributed by atoms with E-state index in [4.69, 9.17) is 5.73 Å². The normalized spacial score (nSPS) is 10.4. The van der Waals surface area contributed by atoms with Crippen molar-refractivity contribution >= 4 is 11.6 Å². The number of hydrogen-bond donors (Lipinski definition) is 2. The van der Waals surface area contributed by atoms with Gasteiger partial charge < -0.3 is 15.4 Å². The molecule has 7 nitrogen and oxygen atoms in total. The van der Waals surface area contributed by atoms with Crippen molar-refractivity contribution in [2.24, 2.45) is 0 Å². The zero-order valence-electron chi connectivity index (χ0n) is 8.25. The van der Waals surface area contributed by atoms with Crippen molar-refractivity contribution in [3.05, 3.63) is 34.1 Å². The van der Waals surface area contributed by atoms with Crippen LogP contribution in [0.25, 0.3) is 11.3 Å². The summed E-state index contributed by atoms with van der Waals surface area (Å²) in [5, 5.41) is 23.6. The molecule has 0 saturated carbocycles. The number of benzene rings is 1. The summed E-state index contributed by atoms with van der Waals surface area (Å²) in [6.45, 7) is 0. The molecule has 88 valence electrons. The van der Waals surface area contributed by atoms with Gasteiger partial charge in [-0.05, 0) is 6.07 Å². The van der Waals surface area contributed by atoms with Crippen molar-refractivity contribution in [3.8, 4) is 17.0 Å². The molecule has 17 heavy (non-hydrogen) atoms. The minimum Gasteiger partial charge on any atom is -0.502 e. The van der Waals surface area contributed by atoms with E-state index >= 15 is 0 Å². The van der Waals surface area contributed by atoms with E-state index in [2.05, 4.69) is 9.68 Å². The summed E-state index contributed by atoms with van der Waals surface area (Å²) >= 11 is 0. The van der Waals surface area contributed by atoms with Gasteiger partial charge in [0, 0.05) is 6.07 Å². The Morgan fingerprint density at radius 3 is 2.71 bits per heavy atom. The molecule has 8 heteroatoms. The lowest BCUT2D eigenvalue weighted by Gasteiger charge is -2.01. The standard InChI is InChI=1S/C9H6FN3O4/c10-4-1-5(6-3-8(11)17-12-6)9(14)7(2-4)13(15)16/h1-3,14H,11H2. The van der Waals surface area contributed by atoms with Crippen molar-refractivity contribution in [2.45, 2.75) is 0 Å². The summed E-state index contributed by atoms with van der Waals surface area (Å²) in [7, 11) is 0. The van der Waals surface area contributed by atoms with Crippen LogP contribution in [0.15, 0.2) is 22.7 Å². The lowest BCUT2D eigenvalue weighted by molar-refractivity contribution is -0.386. The molecule has 0 saturated heterocycles. The number of nitrogen functional groups attached to an aromatic ring is 1. The van der Waals surface area contributed by atoms with Crippen molar-refractivity contribution in [1.82, 2.24) is 5.16 Å². The molecule has 0 unspecified atom stereocenters. The molecule has 0 spiro atoms. The predicted octanol–water partition coefficient (Wildman–Crippen LogP) is 1.68. The summed E-state index contributed by atoms with van der Waals surface area (Å²) in [5.74, 6) is -1.61. The van der Waals surface area contributed by atoms with Gasteiger partial charge in [-0.15, -0.1) is 0 Å². The molecule has 2 rings (SSSR count). The van der Waals surface area contributed by atoms with E-state index < -0.39 is 22.2 Å². The van der Waals surface area contributed by atoms with Gasteiger partial charge in [-0.1, -0.05) is 5.16 Å². The first-order chi connectivity index (χ1) is 7.99. The van der Waals surface area contributed by atoms with E-state index in [1.807, 2.05) is 0 Å². The Balaban J connectivity index is 2.66. The Kier molecular flexibility index (Phi) is 2.39. The predicted molar refractivity (Wildman–Crippen MR) is 54.6 cm³/mol. The maximum atomic E-state index is 13.2. The van der Waals surface area contributed by atoms with Crippen LogP contribution >= 0.6 is 0 Å². The molecular formula is C9H6FN3O4. The highest BCUT2D eigenvalue weighted by Gasteiger charge is 2.22. The topological polar surface area (TPSA) is 115 Å². The Morgan fingerprint density at radius 2 is 2.18 bits per heavy atom. The number of nitro benzene ring substituents is 1. The first-order valence-electron chi connectivity index (χ1n) is 4.38. The minimum atomic E-state index is -0.897. The molecule has 0 atom stereocenters. The third-order valence-corrected chi connectivity index (χ3v) is 2.06. The van der Waals surface area contributed by atoms with Crippen LogP contribution in [-0.4, -0.2) is 15.2 Å². The van der Waals surface area contributed by atoms with Crippen LogP contribution in [0.3, 0.4) is 0 Å². The number of rotatable bonds is 2. The second-order valence-electron chi connectivity index (χ2n) is 3.19. The summed E-state index contributed by atoms with van der Waals surface area (Å²) in [5.41, 5.74) is 4.38. The van der Waals surface area contributed by atoms with E-state index in [1.165, 1.54) is 6.07 Å². The van der Waals surface area contributed by atoms with Crippen LogP contribution in [0.1, 0.15) is 0 Å². The molecule has 0 aliphatic rings. The van der Waals surface area contributed by atoms with Gasteiger partial charge >= 0.3 is 5.69 Å². The third-order valence-electron chi connectivity index (χ3n) is 2.06. The molecule has 0 fully saturated rings. The van der Waals surface area contributed by atoms with Crippen LogP contribution in [0, 0.1) is 15.9 Å². The van der Waals surface area contributed by atoms with Gasteiger partial charge in [0.15, 0.2) is 0 Å². The van der Waals surface area contributed by atoms with Crippen molar-refractivity contribution in [1.29, 1.82) is 0 Å². The smallest absolute Gasteiger partial charge is 0.314 e. The van der Waals surface area contributed by atoms with Gasteiger partial charge in [0.2, 0.25) is 11.6 Å². The summed E-state index contributed by atoms with van der Waals surface area (Å²) in [4.78, 5) is 9.68. The second-order valence-corrected chi connectivity index (χ2v) is 3.19. The maximum Gasteiger partial charge on any atom is 0.314 e. The Hall–Kier alpha value is -2.64. The van der Waals surface area contributed by atoms with Gasteiger partial charge in [0.1, 0.15) is 11.5 Å². The van der Waals surface area contributed by atoms with E-state index in [-0.39, 0.29) is 17.1 Å². The van der Waals surface area contributed by atoms with Crippen LogP contribution in [0.2, 0.25) is 0 Å². The number of hydrogen-bond acceptors (Lipinski definition) is 6. The Bertz CT molecular complexity index is 596. The number of nitrogens with zero attached hydrogens (tertiary/aromatic N) is 2. The first kappa shape index (κ1) is 10.9. The minimum absolute atomic E-state index is 0.0163. The molecule has 0 amide bonds. The largest absolute Gasteiger partial charge is 0.502 e. The highest BCUT2D eigenvalue weighted by atomic mass is 19.1. The molecular weight excluding hydrogens is 233 g/mol. The Morgan fingerprint density at radius 1 is 1.47 bits per heavy atom. The van der Waals surface area contributed by atoms with Gasteiger partial charge in [0.05, 0.1) is 16.6 Å². The van der Waals surface area contributed by atoms with Crippen molar-refractivity contribution < 1.29 is 18.9 Å². The number of aromatic hydroxyl groups is 1. The number of nitro groups is 1. The maximum absolute atomic E-state index is 13.2. The van der Waals surface area contributed by atoms with Crippen LogP contribution in [-0.2, 0) is 0 Å². The summed E-state index contributed by atoms with van der Waals surface area (Å²) in [6, 6.07) is 2.74. The highest BCUT2D eigenvalue weighted by molar-refractivity contribution is 5.73. The number of nitrogens with two attached hydrogens (primary N) is 1. The highest BCUT2D eigenvalue weighted by Crippen LogP contribution is 2.37. The van der Waals surface area contributed by atoms with Gasteiger partial charge in [0.25, 0.3) is 0 Å². The molecule has 3 N–H and O–H groups in total. The van der Waals surface area contributed by atoms with E-state index in [9.17, 15) is 19.6 Å². The molecule has 2 aromatic rings. The van der Waals surface area contributed by atoms with E-state index in [1.54, 1.807) is 0 Å². The lowest BCUT2D eigenvalue weighted by Crippen LogP contribution is -1.92. The molecule has 1 aromatic heterocycles. The van der Waals surface area contributed by atoms with Gasteiger partial charge in [-0.3, -0.25) is 10.1 Å². The second kappa shape index (κ2) is 3.74. The van der Waals surface area contributed by atoms with Crippen LogP contribution in [0.5, 0.6) is 5.75 Å². The molecule has 0 radical (unpaired) electrons. The van der Waals surface area contributed by atoms with Gasteiger partial charge in [-0.25, -0.2) is 4.39 Å². The summed E-state index contributed by atoms with van der Waals surface area (Å²) < 4.78 is 17.7. The lowest BCUT2D eigenvalue weighted by atomic mass is 10.1. The monoisotopic (exact) mass is 239 g/mol. The third kappa shape index (κ3) is 1.87. The zero-order chi connectivity index (χ0) is 12.6. The number of aromatic nitrogens is 1. The number of halogens is 1. The number of phenolic OH excluding ortho intramolecular Hbond substituents is 1. The average Bonchev–Trinajstić information content (AvgIpc) is 2.67. The van der Waals surface area contributed by atoms with Crippen molar-refractivity contribution in [3.63, 3.8) is 0 Å². The fourth-order valence-corrected chi connectivity index (χ4v) is 1.34. The summed E-state index contributed by atoms with van der Waals surface area (Å²) in [6.07, 6.45) is 0. The van der Waals surface area contributed by atoms with E-state index in [0.29, 0.717) is 6.07 Å². The first-order valence-corrected chi connectivity index (χ1v) is 4.38. The fraction of sp³-hybridized carbons (Fsp3) is 0. The molecule has 1 heterocycles. The van der Waals surface area contributed by atoms with Crippen LogP contribution in [0.4, 0.5) is 16.0 Å². The SMILES string of the molecule is Nc1cc(-c2cc(F)cc([N+](=O)[O-])c2O)no1. The number of phenols is 1. The fourth-order valence-electron chi connectivity index (χ4n) is 1.34.